The van der Waals surface area contributed by atoms with E-state index in [0.29, 0.717) is 17.1 Å². The predicted octanol–water partition coefficient (Wildman–Crippen LogP) is 4.05. The minimum absolute atomic E-state index is 0.210. The van der Waals surface area contributed by atoms with Gasteiger partial charge in [0.25, 0.3) is 5.56 Å². The fraction of sp³-hybridized carbons (Fsp3) is 0.150. The van der Waals surface area contributed by atoms with Gasteiger partial charge in [-0.15, -0.1) is 0 Å². The second-order valence-corrected chi connectivity index (χ2v) is 6.58. The Hall–Kier alpha value is -3.26. The largest absolute Gasteiger partial charge is 0.338 e. The van der Waals surface area contributed by atoms with Gasteiger partial charge in [0.05, 0.1) is 11.4 Å². The van der Waals surface area contributed by atoms with Gasteiger partial charge in [0.2, 0.25) is 0 Å². The van der Waals surface area contributed by atoms with Crippen LogP contribution in [-0.2, 0) is 6.54 Å². The number of halogens is 3. The lowest BCUT2D eigenvalue weighted by atomic mass is 10.1. The number of benzene rings is 2. The molecule has 0 unspecified atom stereocenters. The highest BCUT2D eigenvalue weighted by atomic mass is 35.5. The summed E-state index contributed by atoms with van der Waals surface area (Å²) in [5.41, 5.74) is 0.913. The molecule has 2 amide bonds. The molecule has 0 saturated heterocycles. The highest BCUT2D eigenvalue weighted by Gasteiger charge is 2.08. The zero-order valence-corrected chi connectivity index (χ0v) is 15.9. The molecule has 0 aliphatic heterocycles. The van der Waals surface area contributed by atoms with E-state index in [4.69, 9.17) is 11.6 Å². The lowest BCUT2D eigenvalue weighted by molar-refractivity contribution is 0.251. The van der Waals surface area contributed by atoms with Crippen molar-refractivity contribution in [2.75, 3.05) is 11.9 Å². The number of nitrogens with one attached hydrogen (secondary N) is 2. The van der Waals surface area contributed by atoms with E-state index in [9.17, 15) is 18.4 Å². The Morgan fingerprint density at radius 2 is 1.83 bits per heavy atom. The zero-order valence-electron chi connectivity index (χ0n) is 15.2. The molecule has 9 heteroatoms. The van der Waals surface area contributed by atoms with E-state index in [-0.39, 0.29) is 24.3 Å². The van der Waals surface area contributed by atoms with Crippen LogP contribution in [0.4, 0.5) is 19.3 Å². The smallest absolute Gasteiger partial charge is 0.319 e. The first-order valence-corrected chi connectivity index (χ1v) is 9.14. The third-order valence-electron chi connectivity index (χ3n) is 4.02. The molecule has 150 valence electrons. The van der Waals surface area contributed by atoms with Crippen LogP contribution in [0, 0.1) is 11.6 Å². The molecule has 0 bridgehead atoms. The summed E-state index contributed by atoms with van der Waals surface area (Å²) in [6.07, 6.45) is 0.413. The van der Waals surface area contributed by atoms with Crippen molar-refractivity contribution >= 4 is 23.3 Å². The number of anilines is 1. The quantitative estimate of drug-likeness (QED) is 0.593. The first-order valence-electron chi connectivity index (χ1n) is 8.76. The molecule has 3 aromatic rings. The Morgan fingerprint density at radius 1 is 1.07 bits per heavy atom. The minimum atomic E-state index is -0.740. The van der Waals surface area contributed by atoms with Crippen LogP contribution in [-0.4, -0.2) is 22.4 Å². The molecule has 0 saturated carbocycles. The Kier molecular flexibility index (Phi) is 6.56. The van der Waals surface area contributed by atoms with Gasteiger partial charge in [-0.2, -0.15) is 5.10 Å². The van der Waals surface area contributed by atoms with Gasteiger partial charge in [0, 0.05) is 35.8 Å². The molecule has 3 rings (SSSR count). The number of aromatic nitrogens is 2. The number of amides is 2. The second kappa shape index (κ2) is 9.29. The Balaban J connectivity index is 1.54. The molecule has 0 fully saturated rings. The zero-order chi connectivity index (χ0) is 20.8. The van der Waals surface area contributed by atoms with Gasteiger partial charge in [-0.25, -0.2) is 18.3 Å². The van der Waals surface area contributed by atoms with Gasteiger partial charge in [-0.1, -0.05) is 23.7 Å². The van der Waals surface area contributed by atoms with Crippen LogP contribution in [0.3, 0.4) is 0 Å². The van der Waals surface area contributed by atoms with Crippen LogP contribution in [0.1, 0.15) is 6.42 Å². The van der Waals surface area contributed by atoms with Crippen molar-refractivity contribution in [3.63, 3.8) is 0 Å². The lowest BCUT2D eigenvalue weighted by Crippen LogP contribution is -2.31. The first-order chi connectivity index (χ1) is 13.9. The number of aryl methyl sites for hydroxylation is 1. The number of nitrogens with zero attached hydrogens (tertiary/aromatic N) is 2. The average Bonchev–Trinajstić information content (AvgIpc) is 2.70. The van der Waals surface area contributed by atoms with Crippen LogP contribution in [0.15, 0.2) is 59.4 Å². The van der Waals surface area contributed by atoms with Crippen LogP contribution < -0.4 is 16.2 Å². The molecule has 0 aliphatic carbocycles. The monoisotopic (exact) mass is 418 g/mol. The number of carbonyl (C=O) groups is 1. The summed E-state index contributed by atoms with van der Waals surface area (Å²) < 4.78 is 27.9. The summed E-state index contributed by atoms with van der Waals surface area (Å²) in [5.74, 6) is -1.40. The SMILES string of the molecule is O=C(NCCCn1nc(-c2ccc(Cl)cc2)ccc1=O)Nc1cc(F)ccc1F. The summed E-state index contributed by atoms with van der Waals surface area (Å²) >= 11 is 5.88. The molecule has 0 spiro atoms. The van der Waals surface area contributed by atoms with E-state index in [1.807, 2.05) is 0 Å². The summed E-state index contributed by atoms with van der Waals surface area (Å²) in [5, 5.41) is 9.68. The summed E-state index contributed by atoms with van der Waals surface area (Å²) in [6, 6.07) is 12.2. The molecular weight excluding hydrogens is 402 g/mol. The number of carbonyl (C=O) groups excluding carboxylic acids is 1. The molecule has 0 atom stereocenters. The molecule has 6 nitrogen and oxygen atoms in total. The molecule has 1 heterocycles. The van der Waals surface area contributed by atoms with Gasteiger partial charge >= 0.3 is 6.03 Å². The fourth-order valence-electron chi connectivity index (χ4n) is 2.57. The van der Waals surface area contributed by atoms with Gasteiger partial charge in [-0.3, -0.25) is 4.79 Å². The molecule has 0 radical (unpaired) electrons. The Labute approximate surface area is 170 Å². The van der Waals surface area contributed by atoms with Crippen molar-refractivity contribution in [3.05, 3.63) is 81.6 Å². The maximum atomic E-state index is 13.5. The number of urea groups is 1. The fourth-order valence-corrected chi connectivity index (χ4v) is 2.70. The van der Waals surface area contributed by atoms with Crippen molar-refractivity contribution in [1.82, 2.24) is 15.1 Å². The van der Waals surface area contributed by atoms with Crippen molar-refractivity contribution in [2.24, 2.45) is 0 Å². The van der Waals surface area contributed by atoms with Crippen molar-refractivity contribution in [1.29, 1.82) is 0 Å². The van der Waals surface area contributed by atoms with E-state index < -0.39 is 17.7 Å². The van der Waals surface area contributed by atoms with Gasteiger partial charge in [-0.05, 0) is 36.8 Å². The predicted molar refractivity (Wildman–Crippen MR) is 107 cm³/mol. The lowest BCUT2D eigenvalue weighted by Gasteiger charge is -2.10. The van der Waals surface area contributed by atoms with E-state index in [1.54, 1.807) is 30.3 Å². The van der Waals surface area contributed by atoms with E-state index in [2.05, 4.69) is 15.7 Å². The third-order valence-corrected chi connectivity index (χ3v) is 4.27. The van der Waals surface area contributed by atoms with E-state index in [1.165, 1.54) is 10.7 Å². The highest BCUT2D eigenvalue weighted by Crippen LogP contribution is 2.18. The Bertz CT molecular complexity index is 1070. The average molecular weight is 419 g/mol. The molecule has 1 aromatic heterocycles. The van der Waals surface area contributed by atoms with Crippen LogP contribution in [0.2, 0.25) is 5.02 Å². The van der Waals surface area contributed by atoms with E-state index >= 15 is 0 Å². The molecule has 0 aliphatic rings. The van der Waals surface area contributed by atoms with Crippen LogP contribution in [0.25, 0.3) is 11.3 Å². The van der Waals surface area contributed by atoms with Gasteiger partial charge in [0.15, 0.2) is 0 Å². The van der Waals surface area contributed by atoms with Crippen LogP contribution >= 0.6 is 11.6 Å². The van der Waals surface area contributed by atoms with Crippen molar-refractivity contribution in [3.8, 4) is 11.3 Å². The third kappa shape index (κ3) is 5.61. The molecule has 29 heavy (non-hydrogen) atoms. The number of rotatable bonds is 6. The summed E-state index contributed by atoms with van der Waals surface area (Å²) in [4.78, 5) is 23.8. The van der Waals surface area contributed by atoms with Crippen LogP contribution in [0.5, 0.6) is 0 Å². The first kappa shape index (κ1) is 20.5. The minimum Gasteiger partial charge on any atom is -0.338 e. The molecule has 2 aromatic carbocycles. The van der Waals surface area contributed by atoms with Crippen molar-refractivity contribution in [2.45, 2.75) is 13.0 Å². The van der Waals surface area contributed by atoms with E-state index in [0.717, 1.165) is 23.8 Å². The second-order valence-electron chi connectivity index (χ2n) is 6.15. The van der Waals surface area contributed by atoms with Gasteiger partial charge in [0.1, 0.15) is 11.6 Å². The maximum absolute atomic E-state index is 13.5. The normalized spacial score (nSPS) is 10.6. The summed E-state index contributed by atoms with van der Waals surface area (Å²) in [6.45, 7) is 0.483. The highest BCUT2D eigenvalue weighted by molar-refractivity contribution is 6.30. The topological polar surface area (TPSA) is 76.0 Å². The number of hydrogen-bond donors (Lipinski definition) is 2. The van der Waals surface area contributed by atoms with Gasteiger partial charge < -0.3 is 10.6 Å². The maximum Gasteiger partial charge on any atom is 0.319 e. The summed E-state index contributed by atoms with van der Waals surface area (Å²) in [7, 11) is 0. The van der Waals surface area contributed by atoms with Crippen molar-refractivity contribution < 1.29 is 13.6 Å². The molecule has 2 N–H and O–H groups in total. The Morgan fingerprint density at radius 3 is 2.59 bits per heavy atom. The standard InChI is InChI=1S/C20H17ClF2N4O2/c21-14-4-2-13(3-5-14)17-8-9-19(28)27(26-17)11-1-10-24-20(29)25-18-12-15(22)6-7-16(18)23/h2-9,12H,1,10-11H2,(H2,24,25,29). The number of hydrogen-bond acceptors (Lipinski definition) is 3. The molecular formula is C20H17ClF2N4O2.